The van der Waals surface area contributed by atoms with E-state index in [1.165, 1.54) is 22.8 Å². The molecule has 14 heteroatoms. The molecule has 0 spiro atoms. The number of alkyl halides is 2. The molecule has 4 heterocycles. The zero-order chi connectivity index (χ0) is 23.1. The topological polar surface area (TPSA) is 125 Å². The fraction of sp³-hybridized carbons (Fsp3) is 0.333. The third kappa shape index (κ3) is 4.74. The molecule has 0 bridgehead atoms. The molecule has 1 amide bonds. The molecular formula is C18H16F3N5O5S. The molecule has 1 fully saturated rings. The normalized spacial score (nSPS) is 16.5. The third-order valence-electron chi connectivity index (χ3n) is 4.36. The lowest BCUT2D eigenvalue weighted by atomic mass is 10.1. The summed E-state index contributed by atoms with van der Waals surface area (Å²) in [7, 11) is -3.15. The number of fused-ring (bicyclic) bond motifs is 1. The van der Waals surface area contributed by atoms with Crippen molar-refractivity contribution in [3.8, 4) is 17.4 Å². The van der Waals surface area contributed by atoms with Crippen LogP contribution in [0, 0.1) is 5.82 Å². The zero-order valence-corrected chi connectivity index (χ0v) is 17.3. The molecular weight excluding hydrogens is 455 g/mol. The molecule has 3 aromatic heterocycles. The Kier molecular flexibility index (Phi) is 5.40. The summed E-state index contributed by atoms with van der Waals surface area (Å²) in [4.78, 5) is 20.2. The highest BCUT2D eigenvalue weighted by Gasteiger charge is 2.46. The summed E-state index contributed by atoms with van der Waals surface area (Å²) in [5.74, 6) is -2.39. The van der Waals surface area contributed by atoms with E-state index in [9.17, 15) is 26.4 Å². The number of aromatic nitrogens is 4. The van der Waals surface area contributed by atoms with Gasteiger partial charge in [-0.15, -0.1) is 5.10 Å². The van der Waals surface area contributed by atoms with Crippen molar-refractivity contribution in [2.45, 2.75) is 18.9 Å². The van der Waals surface area contributed by atoms with Gasteiger partial charge in [0.15, 0.2) is 21.2 Å². The minimum atomic E-state index is -3.15. The van der Waals surface area contributed by atoms with E-state index in [0.29, 0.717) is 0 Å². The number of hydrogen-bond donors (Lipinski definition) is 1. The molecule has 0 aliphatic carbocycles. The van der Waals surface area contributed by atoms with Gasteiger partial charge in [0, 0.05) is 6.07 Å². The Bertz CT molecular complexity index is 1290. The molecule has 4 rings (SSSR count). The molecule has 3 aromatic rings. The highest BCUT2D eigenvalue weighted by atomic mass is 32.2. The van der Waals surface area contributed by atoms with Gasteiger partial charge in [0.05, 0.1) is 29.4 Å². The first-order valence-corrected chi connectivity index (χ1v) is 11.0. The predicted octanol–water partition coefficient (Wildman–Crippen LogP) is 1.62. The Morgan fingerprint density at radius 1 is 1.34 bits per heavy atom. The van der Waals surface area contributed by atoms with Crippen molar-refractivity contribution >= 4 is 21.4 Å². The van der Waals surface area contributed by atoms with E-state index in [1.807, 2.05) is 0 Å². The van der Waals surface area contributed by atoms with Crippen molar-refractivity contribution in [2.24, 2.45) is 0 Å². The van der Waals surface area contributed by atoms with Crippen LogP contribution in [0.2, 0.25) is 0 Å². The number of ether oxygens (including phenoxy) is 2. The maximum atomic E-state index is 13.4. The van der Waals surface area contributed by atoms with Gasteiger partial charge < -0.3 is 14.8 Å². The number of nitrogens with one attached hydrogen (secondary N) is 1. The standard InChI is InChI=1S/C18H16F3N5O5S/c1-18(8-32(28,29)9-18)24-16(27)15-23-14-3-2-11(6-26(14)25-15)31-17-12(30-7-13(20)21)4-10(19)5-22-17/h2-6,13H,7-9H2,1H3,(H,24,27). The van der Waals surface area contributed by atoms with Crippen LogP contribution in [-0.4, -0.2) is 64.0 Å². The maximum absolute atomic E-state index is 13.4. The number of hydrogen-bond acceptors (Lipinski definition) is 8. The van der Waals surface area contributed by atoms with Gasteiger partial charge >= 0.3 is 0 Å². The molecule has 1 saturated heterocycles. The lowest BCUT2D eigenvalue weighted by Crippen LogP contribution is -2.63. The molecule has 1 aliphatic heterocycles. The number of amides is 1. The van der Waals surface area contributed by atoms with Crippen LogP contribution >= 0.6 is 0 Å². The van der Waals surface area contributed by atoms with Crippen molar-refractivity contribution in [3.63, 3.8) is 0 Å². The van der Waals surface area contributed by atoms with Crippen molar-refractivity contribution in [3.05, 3.63) is 42.2 Å². The van der Waals surface area contributed by atoms with E-state index in [0.717, 1.165) is 12.3 Å². The molecule has 0 atom stereocenters. The second kappa shape index (κ2) is 7.93. The van der Waals surface area contributed by atoms with E-state index in [4.69, 9.17) is 9.47 Å². The molecule has 1 aliphatic rings. The second-order valence-corrected chi connectivity index (χ2v) is 9.48. The minimum absolute atomic E-state index is 0.132. The molecule has 0 aromatic carbocycles. The number of pyridine rings is 2. The molecule has 0 saturated carbocycles. The van der Waals surface area contributed by atoms with E-state index in [2.05, 4.69) is 20.4 Å². The average Bonchev–Trinajstić information content (AvgIpc) is 3.10. The van der Waals surface area contributed by atoms with Crippen molar-refractivity contribution in [1.29, 1.82) is 0 Å². The summed E-state index contributed by atoms with van der Waals surface area (Å²) in [5.41, 5.74) is -0.597. The number of halogens is 3. The number of nitrogens with zero attached hydrogens (tertiary/aromatic N) is 4. The van der Waals surface area contributed by atoms with Gasteiger partial charge in [-0.2, -0.15) is 0 Å². The summed E-state index contributed by atoms with van der Waals surface area (Å²) < 4.78 is 72.6. The largest absolute Gasteiger partial charge is 0.482 e. The van der Waals surface area contributed by atoms with Crippen molar-refractivity contribution < 1.29 is 35.9 Å². The van der Waals surface area contributed by atoms with Gasteiger partial charge in [0.25, 0.3) is 18.2 Å². The summed E-state index contributed by atoms with van der Waals surface area (Å²) in [6.07, 6.45) is -0.594. The summed E-state index contributed by atoms with van der Waals surface area (Å²) >= 11 is 0. The summed E-state index contributed by atoms with van der Waals surface area (Å²) in [6.45, 7) is 0.638. The highest BCUT2D eigenvalue weighted by molar-refractivity contribution is 7.93. The maximum Gasteiger partial charge on any atom is 0.291 e. The van der Waals surface area contributed by atoms with Gasteiger partial charge in [-0.3, -0.25) is 4.79 Å². The lowest BCUT2D eigenvalue weighted by molar-refractivity contribution is 0.0801. The van der Waals surface area contributed by atoms with Crippen LogP contribution in [-0.2, 0) is 9.84 Å². The Hall–Kier alpha value is -3.42. The number of carbonyl (C=O) groups is 1. The first-order valence-electron chi connectivity index (χ1n) is 9.16. The number of carbonyl (C=O) groups excluding carboxylic acids is 1. The minimum Gasteiger partial charge on any atom is -0.482 e. The second-order valence-electron chi connectivity index (χ2n) is 7.41. The van der Waals surface area contributed by atoms with Crippen molar-refractivity contribution in [1.82, 2.24) is 24.9 Å². The van der Waals surface area contributed by atoms with Crippen LogP contribution in [0.25, 0.3) is 5.65 Å². The molecule has 32 heavy (non-hydrogen) atoms. The molecule has 170 valence electrons. The quantitative estimate of drug-likeness (QED) is 0.551. The smallest absolute Gasteiger partial charge is 0.291 e. The molecule has 0 unspecified atom stereocenters. The summed E-state index contributed by atoms with van der Waals surface area (Å²) in [6, 6.07) is 3.79. The van der Waals surface area contributed by atoms with Gasteiger partial charge in [0.2, 0.25) is 5.82 Å². The van der Waals surface area contributed by atoms with Gasteiger partial charge in [-0.1, -0.05) is 0 Å². The Morgan fingerprint density at radius 3 is 2.78 bits per heavy atom. The predicted molar refractivity (Wildman–Crippen MR) is 103 cm³/mol. The van der Waals surface area contributed by atoms with Crippen LogP contribution in [0.1, 0.15) is 17.5 Å². The fourth-order valence-corrected chi connectivity index (χ4v) is 5.21. The van der Waals surface area contributed by atoms with Crippen LogP contribution in [0.5, 0.6) is 17.4 Å². The molecule has 10 nitrogen and oxygen atoms in total. The van der Waals surface area contributed by atoms with Gasteiger partial charge in [-0.25, -0.2) is 36.1 Å². The lowest BCUT2D eigenvalue weighted by Gasteiger charge is -2.37. The van der Waals surface area contributed by atoms with Gasteiger partial charge in [-0.05, 0) is 19.1 Å². The van der Waals surface area contributed by atoms with Crippen LogP contribution in [0.3, 0.4) is 0 Å². The van der Waals surface area contributed by atoms with E-state index in [-0.39, 0.29) is 40.4 Å². The van der Waals surface area contributed by atoms with E-state index >= 15 is 0 Å². The highest BCUT2D eigenvalue weighted by Crippen LogP contribution is 2.30. The van der Waals surface area contributed by atoms with Gasteiger partial charge in [0.1, 0.15) is 18.2 Å². The first-order chi connectivity index (χ1) is 15.0. The average molecular weight is 471 g/mol. The Labute approximate surface area is 179 Å². The Morgan fingerprint density at radius 2 is 2.09 bits per heavy atom. The van der Waals surface area contributed by atoms with E-state index in [1.54, 1.807) is 6.92 Å². The molecule has 0 radical (unpaired) electrons. The number of sulfone groups is 1. The van der Waals surface area contributed by atoms with Crippen LogP contribution in [0.4, 0.5) is 13.2 Å². The van der Waals surface area contributed by atoms with Crippen LogP contribution < -0.4 is 14.8 Å². The summed E-state index contributed by atoms with van der Waals surface area (Å²) in [5, 5.41) is 6.65. The zero-order valence-electron chi connectivity index (χ0n) is 16.5. The van der Waals surface area contributed by atoms with E-state index < -0.39 is 40.1 Å². The fourth-order valence-electron chi connectivity index (χ4n) is 3.20. The third-order valence-corrected chi connectivity index (χ3v) is 6.52. The van der Waals surface area contributed by atoms with Crippen LogP contribution in [0.15, 0.2) is 30.6 Å². The Balaban J connectivity index is 1.52. The SMILES string of the molecule is CC1(NC(=O)c2nc3ccc(Oc4ncc(F)cc4OCC(F)F)cn3n2)CS(=O)(=O)C1. The first kappa shape index (κ1) is 21.8. The molecule has 1 N–H and O–H groups in total. The van der Waals surface area contributed by atoms with Crippen molar-refractivity contribution in [2.75, 3.05) is 18.1 Å². The monoisotopic (exact) mass is 471 g/mol. The number of rotatable bonds is 7.